The second-order valence-electron chi connectivity index (χ2n) is 9.00. The van der Waals surface area contributed by atoms with E-state index in [-0.39, 0.29) is 23.5 Å². The minimum atomic E-state index is -0.593. The Morgan fingerprint density at radius 3 is 2.47 bits per heavy atom. The summed E-state index contributed by atoms with van der Waals surface area (Å²) in [6.07, 6.45) is 4.35. The van der Waals surface area contributed by atoms with Gasteiger partial charge in [0.25, 0.3) is 0 Å². The number of nitrogens with zero attached hydrogens (tertiary/aromatic N) is 2. The summed E-state index contributed by atoms with van der Waals surface area (Å²) in [7, 11) is 3.57. The largest absolute Gasteiger partial charge is 0.348 e. The zero-order valence-electron chi connectivity index (χ0n) is 17.7. The lowest BCUT2D eigenvalue weighted by Crippen LogP contribution is -2.46. The summed E-state index contributed by atoms with van der Waals surface area (Å²) in [5.41, 5.74) is 2.41. The lowest BCUT2D eigenvalue weighted by atomic mass is 9.79. The van der Waals surface area contributed by atoms with E-state index in [9.17, 15) is 14.0 Å². The number of hydrogen-bond donors (Lipinski definition) is 0. The number of hydrogen-bond acceptors (Lipinski definition) is 2. The van der Waals surface area contributed by atoms with Crippen LogP contribution in [0.15, 0.2) is 48.5 Å². The van der Waals surface area contributed by atoms with E-state index in [0.29, 0.717) is 25.9 Å². The molecule has 1 heterocycles. The number of likely N-dealkylation sites (tertiary alicyclic amines) is 1. The average molecular weight is 409 g/mol. The maximum Gasteiger partial charge on any atom is 0.230 e. The number of benzene rings is 2. The highest BCUT2D eigenvalue weighted by Crippen LogP contribution is 2.39. The summed E-state index contributed by atoms with van der Waals surface area (Å²) >= 11 is 0. The molecule has 1 atom stereocenters. The Balaban J connectivity index is 1.58. The van der Waals surface area contributed by atoms with Gasteiger partial charge in [0.05, 0.1) is 5.41 Å². The number of carbonyl (C=O) groups excluding carboxylic acids is 2. The number of halogens is 1. The van der Waals surface area contributed by atoms with Crippen LogP contribution >= 0.6 is 0 Å². The van der Waals surface area contributed by atoms with Crippen molar-refractivity contribution >= 4 is 11.8 Å². The Labute approximate surface area is 177 Å². The summed E-state index contributed by atoms with van der Waals surface area (Å²) in [5.74, 6) is 0.193. The van der Waals surface area contributed by atoms with Crippen molar-refractivity contribution in [1.29, 1.82) is 0 Å². The molecule has 2 aromatic carbocycles. The molecule has 0 spiro atoms. The molecule has 2 aliphatic rings. The number of amides is 2. The average Bonchev–Trinajstić information content (AvgIpc) is 3.12. The van der Waals surface area contributed by atoms with Gasteiger partial charge in [0.15, 0.2) is 0 Å². The van der Waals surface area contributed by atoms with E-state index in [4.69, 9.17) is 0 Å². The van der Waals surface area contributed by atoms with Crippen LogP contribution in [0.5, 0.6) is 0 Å². The Kier molecular flexibility index (Phi) is 5.63. The van der Waals surface area contributed by atoms with Crippen LogP contribution in [0.3, 0.4) is 0 Å². The molecule has 5 heteroatoms. The molecule has 1 aliphatic carbocycles. The minimum absolute atomic E-state index is 0.0820. The van der Waals surface area contributed by atoms with E-state index in [1.807, 2.05) is 23.1 Å². The molecule has 1 saturated carbocycles. The van der Waals surface area contributed by atoms with E-state index < -0.39 is 5.41 Å². The first-order valence-electron chi connectivity index (χ1n) is 10.7. The summed E-state index contributed by atoms with van der Waals surface area (Å²) in [5, 5.41) is 0. The van der Waals surface area contributed by atoms with Crippen LogP contribution in [0.4, 0.5) is 4.39 Å². The smallest absolute Gasteiger partial charge is 0.230 e. The molecule has 0 aromatic heterocycles. The van der Waals surface area contributed by atoms with Gasteiger partial charge in [-0.1, -0.05) is 42.8 Å². The van der Waals surface area contributed by atoms with E-state index in [1.165, 1.54) is 12.1 Å². The van der Waals surface area contributed by atoms with Crippen LogP contribution in [0, 0.1) is 17.2 Å². The van der Waals surface area contributed by atoms with Gasteiger partial charge in [-0.25, -0.2) is 4.39 Å². The Bertz CT molecular complexity index is 936. The third-order valence-corrected chi connectivity index (χ3v) is 6.63. The lowest BCUT2D eigenvalue weighted by molar-refractivity contribution is -0.141. The third-order valence-electron chi connectivity index (χ3n) is 6.63. The molecule has 2 aromatic rings. The molecule has 0 N–H and O–H groups in total. The van der Waals surface area contributed by atoms with E-state index in [1.54, 1.807) is 31.1 Å². The fourth-order valence-corrected chi connectivity index (χ4v) is 4.74. The highest BCUT2D eigenvalue weighted by molar-refractivity contribution is 5.86. The maximum atomic E-state index is 13.3. The van der Waals surface area contributed by atoms with Gasteiger partial charge < -0.3 is 9.80 Å². The first kappa shape index (κ1) is 20.6. The molecule has 4 nitrogen and oxygen atoms in total. The Morgan fingerprint density at radius 2 is 1.83 bits per heavy atom. The molecule has 1 aliphatic heterocycles. The van der Waals surface area contributed by atoms with Gasteiger partial charge in [-0.15, -0.1) is 0 Å². The van der Waals surface area contributed by atoms with E-state index in [2.05, 4.69) is 6.07 Å². The molecular formula is C25H29FN2O2. The zero-order valence-corrected chi connectivity index (χ0v) is 17.7. The van der Waals surface area contributed by atoms with Gasteiger partial charge in [-0.2, -0.15) is 0 Å². The molecule has 1 saturated heterocycles. The number of rotatable bonds is 5. The van der Waals surface area contributed by atoms with Gasteiger partial charge >= 0.3 is 0 Å². The monoisotopic (exact) mass is 408 g/mol. The van der Waals surface area contributed by atoms with Gasteiger partial charge in [0.2, 0.25) is 11.8 Å². The highest BCUT2D eigenvalue weighted by atomic mass is 19.1. The first-order chi connectivity index (χ1) is 14.4. The minimum Gasteiger partial charge on any atom is -0.348 e. The van der Waals surface area contributed by atoms with E-state index >= 15 is 0 Å². The molecule has 30 heavy (non-hydrogen) atoms. The molecule has 158 valence electrons. The fraction of sp³-hybridized carbons (Fsp3) is 0.440. The van der Waals surface area contributed by atoms with Crippen LogP contribution in [-0.4, -0.2) is 48.8 Å². The van der Waals surface area contributed by atoms with Crippen LogP contribution in [0.2, 0.25) is 0 Å². The standard InChI is InChI=1S/C25H29FN2O2/c1-27(2)24(30)25(13-14-28(17-25)23(29)20-6-4-7-20)16-18-5-3-8-21(15-18)19-9-11-22(26)12-10-19/h3,5,8-12,15,20H,4,6-7,13-14,16-17H2,1-2H3/t25-/m0/s1. The van der Waals surface area contributed by atoms with Crippen molar-refractivity contribution in [2.24, 2.45) is 11.3 Å². The second kappa shape index (κ2) is 8.21. The first-order valence-corrected chi connectivity index (χ1v) is 10.7. The summed E-state index contributed by atoms with van der Waals surface area (Å²) in [4.78, 5) is 29.6. The van der Waals surface area contributed by atoms with Crippen molar-refractivity contribution in [2.75, 3.05) is 27.2 Å². The van der Waals surface area contributed by atoms with Crippen molar-refractivity contribution in [3.63, 3.8) is 0 Å². The van der Waals surface area contributed by atoms with Gasteiger partial charge in [-0.3, -0.25) is 9.59 Å². The molecule has 2 fully saturated rings. The van der Waals surface area contributed by atoms with Crippen molar-refractivity contribution in [2.45, 2.75) is 32.1 Å². The normalized spacial score (nSPS) is 21.4. The van der Waals surface area contributed by atoms with Crippen molar-refractivity contribution in [1.82, 2.24) is 9.80 Å². The SMILES string of the molecule is CN(C)C(=O)[C@]1(Cc2cccc(-c3ccc(F)cc3)c2)CCN(C(=O)C2CCC2)C1. The summed E-state index contributed by atoms with van der Waals surface area (Å²) in [6, 6.07) is 14.5. The zero-order chi connectivity index (χ0) is 21.3. The molecule has 0 unspecified atom stereocenters. The summed E-state index contributed by atoms with van der Waals surface area (Å²) in [6.45, 7) is 1.13. The molecule has 4 rings (SSSR count). The number of carbonyl (C=O) groups is 2. The van der Waals surface area contributed by atoms with Gasteiger partial charge in [0.1, 0.15) is 5.82 Å². The quantitative estimate of drug-likeness (QED) is 0.746. The second-order valence-corrected chi connectivity index (χ2v) is 9.00. The molecular weight excluding hydrogens is 379 g/mol. The predicted octanol–water partition coefficient (Wildman–Crippen LogP) is 4.14. The van der Waals surface area contributed by atoms with Gasteiger partial charge in [0, 0.05) is 33.1 Å². The van der Waals surface area contributed by atoms with Crippen LogP contribution in [0.25, 0.3) is 11.1 Å². The topological polar surface area (TPSA) is 40.6 Å². The summed E-state index contributed by atoms with van der Waals surface area (Å²) < 4.78 is 13.3. The van der Waals surface area contributed by atoms with Crippen LogP contribution in [0.1, 0.15) is 31.2 Å². The maximum absolute atomic E-state index is 13.3. The van der Waals surface area contributed by atoms with Crippen molar-refractivity contribution in [3.05, 3.63) is 59.9 Å². The van der Waals surface area contributed by atoms with Gasteiger partial charge in [-0.05, 0) is 54.5 Å². The highest BCUT2D eigenvalue weighted by Gasteiger charge is 2.47. The fourth-order valence-electron chi connectivity index (χ4n) is 4.74. The Morgan fingerprint density at radius 1 is 1.10 bits per heavy atom. The molecule has 0 bridgehead atoms. The van der Waals surface area contributed by atoms with Crippen molar-refractivity contribution < 1.29 is 14.0 Å². The molecule has 0 radical (unpaired) electrons. The Hall–Kier alpha value is -2.69. The predicted molar refractivity (Wildman–Crippen MR) is 115 cm³/mol. The van der Waals surface area contributed by atoms with Crippen LogP contribution in [-0.2, 0) is 16.0 Å². The molecule has 2 amide bonds. The lowest BCUT2D eigenvalue weighted by Gasteiger charge is -2.33. The third kappa shape index (κ3) is 3.98. The van der Waals surface area contributed by atoms with Crippen molar-refractivity contribution in [3.8, 4) is 11.1 Å². The van der Waals surface area contributed by atoms with E-state index in [0.717, 1.165) is 36.0 Å². The van der Waals surface area contributed by atoms with Crippen LogP contribution < -0.4 is 0 Å².